The molecule has 2 aliphatic rings. The summed E-state index contributed by atoms with van der Waals surface area (Å²) in [5, 5.41) is 11.7. The number of nitrogens with zero attached hydrogens (tertiary/aromatic N) is 3. The minimum absolute atomic E-state index is 0.153. The first-order valence-electron chi connectivity index (χ1n) is 15.0. The van der Waals surface area contributed by atoms with Gasteiger partial charge in [-0.05, 0) is 81.4 Å². The molecule has 3 aromatic rings. The van der Waals surface area contributed by atoms with E-state index in [4.69, 9.17) is 9.47 Å². The van der Waals surface area contributed by atoms with Gasteiger partial charge in [0.15, 0.2) is 16.4 Å². The van der Waals surface area contributed by atoms with Crippen molar-refractivity contribution in [1.29, 1.82) is 0 Å². The van der Waals surface area contributed by atoms with Crippen molar-refractivity contribution in [2.75, 3.05) is 18.0 Å². The molecular weight excluding hydrogens is 741 g/mol. The molecule has 52 heavy (non-hydrogen) atoms. The molecule has 2 heterocycles. The van der Waals surface area contributed by atoms with E-state index in [2.05, 4.69) is 15.1 Å². The summed E-state index contributed by atoms with van der Waals surface area (Å²) in [5.41, 5.74) is -3.79. The summed E-state index contributed by atoms with van der Waals surface area (Å²) in [4.78, 5) is 14.9. The zero-order valence-corrected chi connectivity index (χ0v) is 27.8. The predicted molar refractivity (Wildman–Crippen MR) is 164 cm³/mol. The lowest BCUT2D eigenvalue weighted by atomic mass is 9.89. The van der Waals surface area contributed by atoms with Gasteiger partial charge in [-0.25, -0.2) is 4.79 Å². The number of sulfonamides is 1. The number of likely N-dealkylation sites (tertiary alicyclic amines) is 1. The minimum Gasteiger partial charge on any atom is -0.453 e. The SMILES string of the molecule is CC(C)(C)OC(=O)N1CC(C#[N+]S(=O)(=O)c2ccc(OC(F)(F)F)cc2)[C@H](O)[C@@H](N2c3ccc(C(F)(F)F)cc3Oc3cc(C(F)(F)F)ccc32)C1. The molecule has 0 aromatic heterocycles. The number of halogens is 9. The lowest BCUT2D eigenvalue weighted by Crippen LogP contribution is -2.60. The second-order valence-electron chi connectivity index (χ2n) is 12.6. The van der Waals surface area contributed by atoms with Crippen LogP contribution in [-0.2, 0) is 27.1 Å². The van der Waals surface area contributed by atoms with Crippen molar-refractivity contribution in [3.05, 3.63) is 76.0 Å². The highest BCUT2D eigenvalue weighted by Crippen LogP contribution is 2.51. The first kappa shape index (κ1) is 38.3. The van der Waals surface area contributed by atoms with Crippen molar-refractivity contribution in [3.8, 4) is 23.3 Å². The second kappa shape index (κ2) is 13.3. The third-order valence-corrected chi connectivity index (χ3v) is 8.84. The van der Waals surface area contributed by atoms with E-state index < -0.39 is 105 Å². The number of carbonyl (C=O) groups excluding carboxylic acids is 1. The number of hydrogen-bond acceptors (Lipinski definition) is 8. The fraction of sp³-hybridized carbons (Fsp3) is 0.375. The molecule has 5 rings (SSSR count). The first-order valence-corrected chi connectivity index (χ1v) is 16.4. The number of ether oxygens (including phenoxy) is 3. The first-order chi connectivity index (χ1) is 23.8. The molecule has 280 valence electrons. The van der Waals surface area contributed by atoms with E-state index >= 15 is 0 Å². The Hall–Kier alpha value is -4.90. The molecule has 1 amide bonds. The summed E-state index contributed by atoms with van der Waals surface area (Å²) < 4.78 is 164. The van der Waals surface area contributed by atoms with Gasteiger partial charge >= 0.3 is 40.9 Å². The highest BCUT2D eigenvalue weighted by molar-refractivity contribution is 7.93. The summed E-state index contributed by atoms with van der Waals surface area (Å²) in [6.45, 7) is 3.68. The van der Waals surface area contributed by atoms with Gasteiger partial charge < -0.3 is 29.1 Å². The summed E-state index contributed by atoms with van der Waals surface area (Å²) in [5.74, 6) is -3.31. The molecule has 3 aromatic carbocycles. The quantitative estimate of drug-likeness (QED) is 0.266. The summed E-state index contributed by atoms with van der Waals surface area (Å²) >= 11 is 0. The molecule has 10 nitrogen and oxygen atoms in total. The van der Waals surface area contributed by atoms with Crippen molar-refractivity contribution in [3.63, 3.8) is 0 Å². The van der Waals surface area contributed by atoms with E-state index in [1.54, 1.807) is 0 Å². The van der Waals surface area contributed by atoms with Crippen LogP contribution in [0.25, 0.3) is 4.25 Å². The fourth-order valence-electron chi connectivity index (χ4n) is 5.40. The Morgan fingerprint density at radius 3 is 1.83 bits per heavy atom. The normalized spacial score (nSPS) is 19.4. The Bertz CT molecular complexity index is 1960. The molecule has 20 heteroatoms. The van der Waals surface area contributed by atoms with Crippen LogP contribution in [0.5, 0.6) is 17.2 Å². The fourth-order valence-corrected chi connectivity index (χ4v) is 6.26. The maximum Gasteiger partial charge on any atom is 0.573 e. The third-order valence-electron chi connectivity index (χ3n) is 7.62. The van der Waals surface area contributed by atoms with Gasteiger partial charge in [-0.1, -0.05) is 0 Å². The zero-order chi connectivity index (χ0) is 38.6. The van der Waals surface area contributed by atoms with Crippen LogP contribution in [0.2, 0.25) is 0 Å². The standard InChI is InChI=1S/C32H27F9N3O7S/c1-29(2,3)51-28(46)43-15-17(14-42-52(47,48)21-8-6-20(7-9-21)50-32(39,40)41)27(45)24(16-43)44-22-10-4-18(30(33,34)35)12-25(22)49-26-13-19(31(36,37)38)5-11-23(26)44/h4-13,17,24,27,45H,15-16H2,1-3H3/q+1/t17?,24-,27-/m0/s1. The Balaban J connectivity index is 1.60. The summed E-state index contributed by atoms with van der Waals surface area (Å²) in [6.07, 6.45) is -17.6. The number of hydrogen-bond donors (Lipinski definition) is 1. The molecule has 1 unspecified atom stereocenters. The van der Waals surface area contributed by atoms with E-state index in [9.17, 15) is 57.8 Å². The van der Waals surface area contributed by atoms with Gasteiger partial charge in [-0.3, -0.25) is 0 Å². The van der Waals surface area contributed by atoms with Crippen molar-refractivity contribution < 1.29 is 72.0 Å². The van der Waals surface area contributed by atoms with Crippen molar-refractivity contribution in [2.24, 2.45) is 5.92 Å². The average Bonchev–Trinajstić information content (AvgIpc) is 3.00. The molecule has 0 aliphatic carbocycles. The number of piperidine rings is 1. The van der Waals surface area contributed by atoms with E-state index in [-0.39, 0.29) is 11.4 Å². The number of amides is 1. The molecule has 2 aliphatic heterocycles. The van der Waals surface area contributed by atoms with Gasteiger partial charge in [0.1, 0.15) is 17.3 Å². The molecule has 0 radical (unpaired) electrons. The van der Waals surface area contributed by atoms with Crippen molar-refractivity contribution >= 4 is 27.5 Å². The number of alkyl halides is 9. The van der Waals surface area contributed by atoms with Crippen LogP contribution in [0, 0.1) is 12.0 Å². The number of aliphatic hydroxyl groups is 1. The number of fused-ring (bicyclic) bond motifs is 2. The topological polar surface area (TPSA) is 110 Å². The molecule has 0 bridgehead atoms. The largest absolute Gasteiger partial charge is 0.573 e. The monoisotopic (exact) mass is 768 g/mol. The summed E-state index contributed by atoms with van der Waals surface area (Å²) in [6, 6.07) is 8.16. The molecule has 1 fully saturated rings. The molecule has 3 atom stereocenters. The van der Waals surface area contributed by atoms with Crippen molar-refractivity contribution in [1.82, 2.24) is 4.90 Å². The smallest absolute Gasteiger partial charge is 0.453 e. The number of anilines is 2. The Labute approximate surface area is 289 Å². The highest BCUT2D eigenvalue weighted by atomic mass is 32.2. The van der Waals surface area contributed by atoms with E-state index in [1.165, 1.54) is 20.8 Å². The van der Waals surface area contributed by atoms with E-state index in [0.717, 1.165) is 34.1 Å². The molecule has 1 N–H and O–H groups in total. The Morgan fingerprint density at radius 2 is 1.37 bits per heavy atom. The van der Waals surface area contributed by atoms with E-state index in [0.29, 0.717) is 36.4 Å². The predicted octanol–water partition coefficient (Wildman–Crippen LogP) is 8.18. The lowest BCUT2D eigenvalue weighted by Gasteiger charge is -2.46. The molecule has 0 saturated carbocycles. The second-order valence-corrected chi connectivity index (χ2v) is 14.2. The molecule has 0 spiro atoms. The summed E-state index contributed by atoms with van der Waals surface area (Å²) in [7, 11) is -4.70. The highest BCUT2D eigenvalue weighted by Gasteiger charge is 2.47. The van der Waals surface area contributed by atoms with Gasteiger partial charge in [0, 0.05) is 13.1 Å². The maximum atomic E-state index is 13.7. The average molecular weight is 769 g/mol. The number of aliphatic hydroxyl groups excluding tert-OH is 1. The van der Waals surface area contributed by atoms with Crippen LogP contribution in [-0.4, -0.2) is 61.7 Å². The number of carbonyl (C=O) groups is 1. The minimum atomic E-state index is -5.05. The van der Waals surface area contributed by atoms with Crippen LogP contribution in [0.15, 0.2) is 65.6 Å². The van der Waals surface area contributed by atoms with Crippen LogP contribution in [0.1, 0.15) is 31.9 Å². The zero-order valence-electron chi connectivity index (χ0n) is 27.0. The van der Waals surface area contributed by atoms with Gasteiger partial charge in [0.2, 0.25) is 0 Å². The van der Waals surface area contributed by atoms with Crippen LogP contribution in [0.4, 0.5) is 55.7 Å². The van der Waals surface area contributed by atoms with E-state index in [1.807, 2.05) is 0 Å². The van der Waals surface area contributed by atoms with Crippen molar-refractivity contribution in [2.45, 2.75) is 62.1 Å². The van der Waals surface area contributed by atoms with Gasteiger partial charge in [-0.2, -0.15) is 26.3 Å². The molecular formula is C32H27F9N3O7S+. The van der Waals surface area contributed by atoms with Crippen LogP contribution in [0.3, 0.4) is 0 Å². The number of rotatable bonds is 3. The number of benzene rings is 3. The van der Waals surface area contributed by atoms with Gasteiger partial charge in [-0.15, -0.1) is 21.6 Å². The Kier molecular flexibility index (Phi) is 9.77. The Morgan fingerprint density at radius 1 is 0.846 bits per heavy atom. The molecule has 1 saturated heterocycles. The van der Waals surface area contributed by atoms with Gasteiger partial charge in [0.05, 0.1) is 38.9 Å². The maximum absolute atomic E-state index is 13.7. The lowest BCUT2D eigenvalue weighted by molar-refractivity contribution is -0.274. The third kappa shape index (κ3) is 8.58. The van der Waals surface area contributed by atoms with Crippen LogP contribution < -0.4 is 14.4 Å². The van der Waals surface area contributed by atoms with Gasteiger partial charge in [0.25, 0.3) is 0 Å². The van der Waals surface area contributed by atoms with Crippen LogP contribution >= 0.6 is 0 Å².